The molecular weight excluding hydrogens is 226 g/mol. The summed E-state index contributed by atoms with van der Waals surface area (Å²) in [7, 11) is 0. The van der Waals surface area contributed by atoms with E-state index in [0.29, 0.717) is 18.1 Å². The summed E-state index contributed by atoms with van der Waals surface area (Å²) < 4.78 is 11.4. The van der Waals surface area contributed by atoms with Gasteiger partial charge in [-0.15, -0.1) is 0 Å². The Morgan fingerprint density at radius 3 is 2.56 bits per heavy atom. The average molecular weight is 255 g/mol. The summed E-state index contributed by atoms with van der Waals surface area (Å²) in [4.78, 5) is 0. The monoisotopic (exact) mass is 255 g/mol. The second-order valence-corrected chi connectivity index (χ2v) is 5.95. The lowest BCUT2D eigenvalue weighted by Gasteiger charge is -2.32. The van der Waals surface area contributed by atoms with E-state index in [1.807, 2.05) is 0 Å². The quantitative estimate of drug-likeness (QED) is 0.791. The van der Waals surface area contributed by atoms with Gasteiger partial charge in [-0.2, -0.15) is 0 Å². The summed E-state index contributed by atoms with van der Waals surface area (Å²) in [5.74, 6) is 1.53. The van der Waals surface area contributed by atoms with E-state index < -0.39 is 0 Å². The molecule has 0 aliphatic carbocycles. The first kappa shape index (κ1) is 14.3. The Morgan fingerprint density at radius 2 is 1.94 bits per heavy atom. The third kappa shape index (κ3) is 3.94. The number of rotatable bonds is 6. The first-order valence-corrected chi connectivity index (χ1v) is 7.74. The van der Waals surface area contributed by atoms with Crippen molar-refractivity contribution in [1.29, 1.82) is 0 Å². The zero-order valence-electron chi connectivity index (χ0n) is 12.0. The second kappa shape index (κ2) is 7.46. The van der Waals surface area contributed by atoms with Gasteiger partial charge >= 0.3 is 0 Å². The SMILES string of the molecule is CCCNC(CC1CCOCC1)C1OCCC1C. The van der Waals surface area contributed by atoms with Crippen LogP contribution in [-0.2, 0) is 9.47 Å². The molecule has 18 heavy (non-hydrogen) atoms. The zero-order valence-corrected chi connectivity index (χ0v) is 12.0. The van der Waals surface area contributed by atoms with E-state index in [4.69, 9.17) is 9.47 Å². The van der Waals surface area contributed by atoms with Gasteiger partial charge in [0.1, 0.15) is 0 Å². The number of nitrogens with one attached hydrogen (secondary N) is 1. The molecule has 1 N–H and O–H groups in total. The highest BCUT2D eigenvalue weighted by Gasteiger charge is 2.33. The van der Waals surface area contributed by atoms with Crippen LogP contribution < -0.4 is 5.32 Å². The van der Waals surface area contributed by atoms with E-state index in [2.05, 4.69) is 19.2 Å². The Kier molecular flexibility index (Phi) is 5.93. The van der Waals surface area contributed by atoms with Crippen LogP contribution in [0.25, 0.3) is 0 Å². The van der Waals surface area contributed by atoms with Crippen molar-refractivity contribution in [3.05, 3.63) is 0 Å². The fraction of sp³-hybridized carbons (Fsp3) is 1.00. The van der Waals surface area contributed by atoms with Gasteiger partial charge < -0.3 is 14.8 Å². The van der Waals surface area contributed by atoms with Crippen molar-refractivity contribution < 1.29 is 9.47 Å². The van der Waals surface area contributed by atoms with Crippen LogP contribution in [-0.4, -0.2) is 38.5 Å². The fourth-order valence-corrected chi connectivity index (χ4v) is 3.24. The second-order valence-electron chi connectivity index (χ2n) is 5.95. The maximum Gasteiger partial charge on any atom is 0.0754 e. The summed E-state index contributed by atoms with van der Waals surface area (Å²) in [5.41, 5.74) is 0. The van der Waals surface area contributed by atoms with E-state index in [1.165, 1.54) is 32.1 Å². The average Bonchev–Trinajstić information content (AvgIpc) is 2.82. The highest BCUT2D eigenvalue weighted by Crippen LogP contribution is 2.28. The number of ether oxygens (including phenoxy) is 2. The smallest absolute Gasteiger partial charge is 0.0754 e. The lowest BCUT2D eigenvalue weighted by molar-refractivity contribution is 0.0292. The fourth-order valence-electron chi connectivity index (χ4n) is 3.24. The highest BCUT2D eigenvalue weighted by molar-refractivity contribution is 4.87. The van der Waals surface area contributed by atoms with Crippen molar-refractivity contribution in [2.45, 2.75) is 58.1 Å². The molecule has 2 rings (SSSR count). The van der Waals surface area contributed by atoms with E-state index in [-0.39, 0.29) is 0 Å². The molecule has 0 spiro atoms. The van der Waals surface area contributed by atoms with Crippen LogP contribution in [0.15, 0.2) is 0 Å². The minimum absolute atomic E-state index is 0.430. The van der Waals surface area contributed by atoms with Gasteiger partial charge in [0.2, 0.25) is 0 Å². The van der Waals surface area contributed by atoms with Crippen LogP contribution in [0, 0.1) is 11.8 Å². The third-order valence-corrected chi connectivity index (χ3v) is 4.43. The van der Waals surface area contributed by atoms with E-state index >= 15 is 0 Å². The van der Waals surface area contributed by atoms with Crippen LogP contribution >= 0.6 is 0 Å². The summed E-state index contributed by atoms with van der Waals surface area (Å²) >= 11 is 0. The van der Waals surface area contributed by atoms with Gasteiger partial charge in [-0.3, -0.25) is 0 Å². The third-order valence-electron chi connectivity index (χ3n) is 4.43. The van der Waals surface area contributed by atoms with Crippen molar-refractivity contribution in [1.82, 2.24) is 5.32 Å². The molecule has 0 aromatic heterocycles. The number of hydrogen-bond donors (Lipinski definition) is 1. The van der Waals surface area contributed by atoms with Crippen LogP contribution in [0.1, 0.15) is 46.0 Å². The van der Waals surface area contributed by atoms with Gasteiger partial charge in [-0.25, -0.2) is 0 Å². The van der Waals surface area contributed by atoms with Crippen molar-refractivity contribution in [2.75, 3.05) is 26.4 Å². The molecule has 0 aromatic rings. The number of hydrogen-bond acceptors (Lipinski definition) is 3. The molecule has 2 heterocycles. The summed E-state index contributed by atoms with van der Waals surface area (Å²) in [6.07, 6.45) is 6.57. The Bertz CT molecular complexity index is 229. The molecule has 3 unspecified atom stereocenters. The normalized spacial score (nSPS) is 31.7. The summed E-state index contributed by atoms with van der Waals surface area (Å²) in [5, 5.41) is 3.72. The topological polar surface area (TPSA) is 30.5 Å². The van der Waals surface area contributed by atoms with Gasteiger partial charge in [0.05, 0.1) is 6.10 Å². The van der Waals surface area contributed by atoms with E-state index in [9.17, 15) is 0 Å². The minimum Gasteiger partial charge on any atom is -0.381 e. The molecule has 0 bridgehead atoms. The molecule has 0 amide bonds. The van der Waals surface area contributed by atoms with Crippen LogP contribution in [0.3, 0.4) is 0 Å². The van der Waals surface area contributed by atoms with Gasteiger partial charge in [-0.05, 0) is 50.5 Å². The first-order chi connectivity index (χ1) is 8.81. The van der Waals surface area contributed by atoms with Crippen molar-refractivity contribution in [3.8, 4) is 0 Å². The van der Waals surface area contributed by atoms with Crippen LogP contribution in [0.4, 0.5) is 0 Å². The molecule has 2 aliphatic rings. The van der Waals surface area contributed by atoms with Crippen molar-refractivity contribution in [2.24, 2.45) is 11.8 Å². The van der Waals surface area contributed by atoms with Gasteiger partial charge in [0.25, 0.3) is 0 Å². The largest absolute Gasteiger partial charge is 0.381 e. The molecule has 3 heteroatoms. The Labute approximate surface area is 112 Å². The van der Waals surface area contributed by atoms with Gasteiger partial charge in [0, 0.05) is 25.9 Å². The molecule has 2 fully saturated rings. The van der Waals surface area contributed by atoms with Crippen LogP contribution in [0.5, 0.6) is 0 Å². The van der Waals surface area contributed by atoms with E-state index in [1.54, 1.807) is 0 Å². The minimum atomic E-state index is 0.430. The van der Waals surface area contributed by atoms with Crippen molar-refractivity contribution in [3.63, 3.8) is 0 Å². The molecule has 0 saturated carbocycles. The summed E-state index contributed by atoms with van der Waals surface area (Å²) in [6.45, 7) is 8.53. The maximum atomic E-state index is 5.97. The predicted octanol–water partition coefficient (Wildman–Crippen LogP) is 2.60. The highest BCUT2D eigenvalue weighted by atomic mass is 16.5. The lowest BCUT2D eigenvalue weighted by atomic mass is 9.87. The Morgan fingerprint density at radius 1 is 1.17 bits per heavy atom. The first-order valence-electron chi connectivity index (χ1n) is 7.74. The van der Waals surface area contributed by atoms with E-state index in [0.717, 1.165) is 32.3 Å². The molecular formula is C15H29NO2. The molecule has 2 aliphatic heterocycles. The Balaban J connectivity index is 1.86. The predicted molar refractivity (Wildman–Crippen MR) is 73.8 cm³/mol. The van der Waals surface area contributed by atoms with Gasteiger partial charge in [-0.1, -0.05) is 13.8 Å². The zero-order chi connectivity index (χ0) is 12.8. The molecule has 2 saturated heterocycles. The summed E-state index contributed by atoms with van der Waals surface area (Å²) in [6, 6.07) is 0.547. The lowest BCUT2D eigenvalue weighted by Crippen LogP contribution is -2.44. The van der Waals surface area contributed by atoms with Gasteiger partial charge in [0.15, 0.2) is 0 Å². The Hall–Kier alpha value is -0.120. The molecule has 3 nitrogen and oxygen atoms in total. The standard InChI is InChI=1S/C15H29NO2/c1-3-7-16-14(15-12(2)4-10-18-15)11-13-5-8-17-9-6-13/h12-16H,3-11H2,1-2H3. The van der Waals surface area contributed by atoms with Crippen LogP contribution in [0.2, 0.25) is 0 Å². The molecule has 0 aromatic carbocycles. The maximum absolute atomic E-state index is 5.97. The van der Waals surface area contributed by atoms with Crippen molar-refractivity contribution >= 4 is 0 Å². The molecule has 0 radical (unpaired) electrons. The molecule has 3 atom stereocenters. The molecule has 106 valence electrons.